The number of allylic oxidation sites excluding steroid dienone is 1. The quantitative estimate of drug-likeness (QED) is 0.578. The Morgan fingerprint density at radius 1 is 1.17 bits per heavy atom. The molecule has 1 aromatic rings. The summed E-state index contributed by atoms with van der Waals surface area (Å²) < 4.78 is 29.8. The Morgan fingerprint density at radius 3 is 2.75 bits per heavy atom. The van der Waals surface area contributed by atoms with Crippen molar-refractivity contribution in [1.29, 1.82) is 0 Å². The van der Waals surface area contributed by atoms with Crippen LogP contribution in [0.1, 0.15) is 5.56 Å². The smallest absolute Gasteiger partial charge is 0.310 e. The van der Waals surface area contributed by atoms with Gasteiger partial charge in [-0.1, -0.05) is 18.2 Å². The number of hydrogen-bond donors (Lipinski definition) is 0. The van der Waals surface area contributed by atoms with E-state index < -0.39 is 11.8 Å². The van der Waals surface area contributed by atoms with Crippen LogP contribution >= 0.6 is 0 Å². The molecule has 0 aliphatic carbocycles. The van der Waals surface area contributed by atoms with Crippen LogP contribution in [0.15, 0.2) is 36.1 Å². The lowest BCUT2D eigenvalue weighted by Crippen LogP contribution is -2.04. The van der Waals surface area contributed by atoms with E-state index in [2.05, 4.69) is 4.74 Å². The van der Waals surface area contributed by atoms with Gasteiger partial charge in [0, 0.05) is 12.0 Å². The molecular formula is C9H6F2O. The summed E-state index contributed by atoms with van der Waals surface area (Å²) in [7, 11) is 0. The van der Waals surface area contributed by atoms with Crippen molar-refractivity contribution < 1.29 is 13.5 Å². The maximum atomic E-state index is 12.6. The summed E-state index contributed by atoms with van der Waals surface area (Å²) >= 11 is 0. The van der Waals surface area contributed by atoms with Crippen LogP contribution in [0.5, 0.6) is 5.75 Å². The third kappa shape index (κ3) is 1.07. The predicted octanol–water partition coefficient (Wildman–Crippen LogP) is 2.73. The van der Waals surface area contributed by atoms with Crippen LogP contribution < -0.4 is 4.74 Å². The van der Waals surface area contributed by atoms with E-state index in [-0.39, 0.29) is 6.42 Å². The molecule has 1 aromatic carbocycles. The highest BCUT2D eigenvalue weighted by Gasteiger charge is 2.18. The van der Waals surface area contributed by atoms with Gasteiger partial charge in [-0.2, -0.15) is 4.39 Å². The molecule has 0 aromatic heterocycles. The van der Waals surface area contributed by atoms with Gasteiger partial charge >= 0.3 is 6.01 Å². The van der Waals surface area contributed by atoms with Crippen molar-refractivity contribution in [3.05, 3.63) is 41.7 Å². The lowest BCUT2D eigenvalue weighted by molar-refractivity contribution is 0.261. The lowest BCUT2D eigenvalue weighted by Gasteiger charge is -2.13. The molecule has 0 bridgehead atoms. The Morgan fingerprint density at radius 2 is 1.92 bits per heavy atom. The first kappa shape index (κ1) is 7.28. The third-order valence-corrected chi connectivity index (χ3v) is 1.73. The second-order valence-corrected chi connectivity index (χ2v) is 2.57. The van der Waals surface area contributed by atoms with Crippen LogP contribution in [0.25, 0.3) is 0 Å². The first-order valence-corrected chi connectivity index (χ1v) is 3.57. The van der Waals surface area contributed by atoms with Gasteiger partial charge in [0.25, 0.3) is 0 Å². The highest BCUT2D eigenvalue weighted by molar-refractivity contribution is 5.39. The molecule has 62 valence electrons. The Kier molecular flexibility index (Phi) is 1.57. The van der Waals surface area contributed by atoms with E-state index in [0.717, 1.165) is 0 Å². The monoisotopic (exact) mass is 168 g/mol. The molecule has 0 N–H and O–H groups in total. The molecule has 0 saturated heterocycles. The van der Waals surface area contributed by atoms with Crippen molar-refractivity contribution in [2.45, 2.75) is 6.42 Å². The Balaban J connectivity index is 2.43. The Labute approximate surface area is 68.3 Å². The predicted molar refractivity (Wildman–Crippen MR) is 40.0 cm³/mol. The van der Waals surface area contributed by atoms with E-state index in [9.17, 15) is 8.78 Å². The van der Waals surface area contributed by atoms with Gasteiger partial charge in [0.15, 0.2) is 5.83 Å². The van der Waals surface area contributed by atoms with Crippen LogP contribution in [0.2, 0.25) is 0 Å². The maximum Gasteiger partial charge on any atom is 0.310 e. The fraction of sp³-hybridized carbons (Fsp3) is 0.111. The topological polar surface area (TPSA) is 9.23 Å². The highest BCUT2D eigenvalue weighted by atomic mass is 19.2. The fourth-order valence-electron chi connectivity index (χ4n) is 1.14. The normalized spacial score (nSPS) is 15.5. The molecule has 0 saturated carbocycles. The average molecular weight is 168 g/mol. The SMILES string of the molecule is FC1=C(F)Oc2ccccc2C1. The van der Waals surface area contributed by atoms with Gasteiger partial charge in [-0.15, -0.1) is 0 Å². The van der Waals surface area contributed by atoms with E-state index in [1.165, 1.54) is 0 Å². The van der Waals surface area contributed by atoms with Crippen LogP contribution in [0, 0.1) is 0 Å². The molecule has 3 heteroatoms. The fourth-order valence-corrected chi connectivity index (χ4v) is 1.14. The van der Waals surface area contributed by atoms with Crippen molar-refractivity contribution in [3.8, 4) is 5.75 Å². The van der Waals surface area contributed by atoms with Crippen molar-refractivity contribution in [3.63, 3.8) is 0 Å². The first-order valence-electron chi connectivity index (χ1n) is 3.57. The summed E-state index contributed by atoms with van der Waals surface area (Å²) in [4.78, 5) is 0. The molecule has 1 aliphatic rings. The molecule has 0 fully saturated rings. The highest BCUT2D eigenvalue weighted by Crippen LogP contribution is 2.30. The van der Waals surface area contributed by atoms with Gasteiger partial charge in [0.2, 0.25) is 0 Å². The minimum atomic E-state index is -1.12. The summed E-state index contributed by atoms with van der Waals surface area (Å²) in [5.74, 6) is -0.440. The summed E-state index contributed by atoms with van der Waals surface area (Å²) in [6, 6.07) is 5.69. The number of fused-ring (bicyclic) bond motifs is 1. The van der Waals surface area contributed by atoms with Gasteiger partial charge in [-0.25, -0.2) is 4.39 Å². The van der Waals surface area contributed by atoms with E-state index in [1.807, 2.05) is 0 Å². The van der Waals surface area contributed by atoms with E-state index >= 15 is 0 Å². The minimum absolute atomic E-state index is 0.0119. The standard InChI is InChI=1S/C9H6F2O/c10-7-5-6-3-1-2-4-8(6)12-9(7)11/h1-4H,5H2. The number of hydrogen-bond acceptors (Lipinski definition) is 1. The molecule has 1 nitrogen and oxygen atoms in total. The molecule has 0 unspecified atom stereocenters. The summed E-state index contributed by atoms with van der Waals surface area (Å²) in [5.41, 5.74) is 0.677. The molecule has 1 aliphatic heterocycles. The van der Waals surface area contributed by atoms with Crippen molar-refractivity contribution in [2.75, 3.05) is 0 Å². The first-order chi connectivity index (χ1) is 5.77. The molecule has 0 amide bonds. The van der Waals surface area contributed by atoms with Crippen molar-refractivity contribution >= 4 is 0 Å². The summed E-state index contributed by atoms with van der Waals surface area (Å²) in [6.45, 7) is 0. The van der Waals surface area contributed by atoms with Gasteiger partial charge in [-0.05, 0) is 6.07 Å². The van der Waals surface area contributed by atoms with Crippen LogP contribution in [0.3, 0.4) is 0 Å². The van der Waals surface area contributed by atoms with E-state index in [0.29, 0.717) is 11.3 Å². The molecule has 1 heterocycles. The van der Waals surface area contributed by atoms with E-state index in [1.54, 1.807) is 24.3 Å². The van der Waals surface area contributed by atoms with E-state index in [4.69, 9.17) is 0 Å². The number of rotatable bonds is 0. The number of para-hydroxylation sites is 1. The van der Waals surface area contributed by atoms with Gasteiger partial charge in [0.05, 0.1) is 0 Å². The molecule has 12 heavy (non-hydrogen) atoms. The van der Waals surface area contributed by atoms with Crippen LogP contribution in [0.4, 0.5) is 8.78 Å². The Hall–Kier alpha value is -1.38. The zero-order valence-corrected chi connectivity index (χ0v) is 6.18. The number of benzene rings is 1. The second-order valence-electron chi connectivity index (χ2n) is 2.57. The lowest BCUT2D eigenvalue weighted by atomic mass is 10.1. The molecule has 0 atom stereocenters. The van der Waals surface area contributed by atoms with Crippen LogP contribution in [-0.2, 0) is 6.42 Å². The van der Waals surface area contributed by atoms with Gasteiger partial charge in [-0.3, -0.25) is 0 Å². The summed E-state index contributed by atoms with van der Waals surface area (Å²) in [6.07, 6.45) is -0.0119. The minimum Gasteiger partial charge on any atom is -0.430 e. The number of ether oxygens (including phenoxy) is 1. The molecule has 2 rings (SSSR count). The van der Waals surface area contributed by atoms with Crippen LogP contribution in [-0.4, -0.2) is 0 Å². The number of halogens is 2. The second kappa shape index (κ2) is 2.59. The largest absolute Gasteiger partial charge is 0.430 e. The van der Waals surface area contributed by atoms with Gasteiger partial charge < -0.3 is 4.74 Å². The Bertz CT molecular complexity index is 311. The maximum absolute atomic E-state index is 12.6. The third-order valence-electron chi connectivity index (χ3n) is 1.73. The average Bonchev–Trinajstić information content (AvgIpc) is 2.07. The molecule has 0 spiro atoms. The van der Waals surface area contributed by atoms with Gasteiger partial charge in [0.1, 0.15) is 5.75 Å². The molecular weight excluding hydrogens is 162 g/mol. The summed E-state index contributed by atoms with van der Waals surface area (Å²) in [5, 5.41) is 0. The molecule has 0 radical (unpaired) electrons. The van der Waals surface area contributed by atoms with Crippen molar-refractivity contribution in [1.82, 2.24) is 0 Å². The zero-order valence-electron chi connectivity index (χ0n) is 6.18. The zero-order chi connectivity index (χ0) is 8.55. The van der Waals surface area contributed by atoms with Crippen molar-refractivity contribution in [2.24, 2.45) is 0 Å².